The number of rotatable bonds is 8. The lowest BCUT2D eigenvalue weighted by atomic mass is 10.1. The summed E-state index contributed by atoms with van der Waals surface area (Å²) in [6, 6.07) is 31.0. The molecule has 3 aromatic carbocycles. The lowest BCUT2D eigenvalue weighted by Gasteiger charge is -2.10. The van der Waals surface area contributed by atoms with Gasteiger partial charge in [0, 0.05) is 54.6 Å². The van der Waals surface area contributed by atoms with Crippen LogP contribution in [0.1, 0.15) is 20.8 Å². The molecule has 0 atom stereocenters. The van der Waals surface area contributed by atoms with Gasteiger partial charge in [0.05, 0.1) is 11.7 Å². The third-order valence-electron chi connectivity index (χ3n) is 6.33. The molecule has 0 aliphatic heterocycles. The number of anilines is 2. The zero-order valence-corrected chi connectivity index (χ0v) is 23.9. The van der Waals surface area contributed by atoms with Crippen molar-refractivity contribution < 1.29 is 0 Å². The molecule has 190 valence electrons. The van der Waals surface area contributed by atoms with Crippen molar-refractivity contribution in [3.8, 4) is 41.8 Å². The molecule has 6 aromatic rings. The van der Waals surface area contributed by atoms with Gasteiger partial charge < -0.3 is 10.6 Å². The largest absolute Gasteiger partial charge is 0.385 e. The van der Waals surface area contributed by atoms with Crippen LogP contribution in [0.15, 0.2) is 84.9 Å². The number of benzene rings is 3. The molecule has 0 unspecified atom stereocenters. The summed E-state index contributed by atoms with van der Waals surface area (Å²) in [5, 5.41) is 6.82. The molecule has 0 fully saturated rings. The Kier molecular flexibility index (Phi) is 6.98. The number of nitrogens with one attached hydrogen (secondary N) is 2. The number of aromatic nitrogens is 2. The molecule has 0 aliphatic carbocycles. The van der Waals surface area contributed by atoms with Crippen LogP contribution in [0.2, 0.25) is 0 Å². The average molecular weight is 553 g/mol. The maximum absolute atomic E-state index is 4.72. The first-order valence-corrected chi connectivity index (χ1v) is 15.1. The summed E-state index contributed by atoms with van der Waals surface area (Å²) >= 11 is 4.88. The lowest BCUT2D eigenvalue weighted by Crippen LogP contribution is -2.09. The zero-order chi connectivity index (χ0) is 26.1. The normalized spacial score (nSPS) is 11.4. The maximum Gasteiger partial charge on any atom is 0.114 e. The van der Waals surface area contributed by atoms with Crippen molar-refractivity contribution in [2.45, 2.75) is 26.8 Å². The van der Waals surface area contributed by atoms with Gasteiger partial charge in [-0.25, -0.2) is 0 Å². The molecule has 0 bridgehead atoms. The predicted molar refractivity (Wildman–Crippen MR) is 168 cm³/mol. The predicted octanol–water partition coefficient (Wildman–Crippen LogP) is 9.73. The third kappa shape index (κ3) is 4.97. The molecule has 0 saturated heterocycles. The molecule has 0 saturated carbocycles. The van der Waals surface area contributed by atoms with Crippen LogP contribution in [-0.4, -0.2) is 21.3 Å². The Labute approximate surface area is 235 Å². The van der Waals surface area contributed by atoms with Crippen LogP contribution in [0.5, 0.6) is 0 Å². The molecule has 0 radical (unpaired) electrons. The van der Waals surface area contributed by atoms with Gasteiger partial charge in [0.15, 0.2) is 0 Å². The summed E-state index contributed by atoms with van der Waals surface area (Å²) in [6.45, 7) is 7.34. The highest BCUT2D eigenvalue weighted by atomic mass is 32.1. The monoisotopic (exact) mass is 552 g/mol. The minimum Gasteiger partial charge on any atom is -0.385 e. The Bertz CT molecular complexity index is 1670. The summed E-state index contributed by atoms with van der Waals surface area (Å²) in [5.41, 5.74) is 8.98. The molecule has 38 heavy (non-hydrogen) atoms. The van der Waals surface area contributed by atoms with Gasteiger partial charge in [-0.15, -0.1) is 22.7 Å². The second-order valence-electron chi connectivity index (χ2n) is 9.43. The minimum atomic E-state index is 0.418. The van der Waals surface area contributed by atoms with Crippen molar-refractivity contribution >= 4 is 56.8 Å². The maximum atomic E-state index is 4.72. The van der Waals surface area contributed by atoms with Crippen LogP contribution in [0.25, 0.3) is 52.8 Å². The lowest BCUT2D eigenvalue weighted by molar-refractivity contribution is 0.900. The number of nitrogens with zero attached hydrogens (tertiary/aromatic N) is 2. The van der Waals surface area contributed by atoms with E-state index in [4.69, 9.17) is 8.75 Å². The van der Waals surface area contributed by atoms with Crippen LogP contribution >= 0.6 is 34.4 Å². The molecule has 6 rings (SSSR count). The molecule has 3 heterocycles. The summed E-state index contributed by atoms with van der Waals surface area (Å²) in [6.07, 6.45) is 0. The van der Waals surface area contributed by atoms with Gasteiger partial charge in [0.25, 0.3) is 0 Å². The van der Waals surface area contributed by atoms with Crippen LogP contribution < -0.4 is 10.6 Å². The van der Waals surface area contributed by atoms with E-state index in [1.165, 1.54) is 42.4 Å². The van der Waals surface area contributed by atoms with E-state index in [9.17, 15) is 0 Å². The molecule has 4 nitrogen and oxygen atoms in total. The molecule has 0 aliphatic rings. The van der Waals surface area contributed by atoms with Crippen molar-refractivity contribution in [1.29, 1.82) is 0 Å². The first-order valence-electron chi connectivity index (χ1n) is 12.8. The molecule has 3 aromatic heterocycles. The van der Waals surface area contributed by atoms with E-state index in [-0.39, 0.29) is 0 Å². The second kappa shape index (κ2) is 10.7. The van der Waals surface area contributed by atoms with Crippen molar-refractivity contribution in [2.75, 3.05) is 17.2 Å². The smallest absolute Gasteiger partial charge is 0.114 e. The summed E-state index contributed by atoms with van der Waals surface area (Å²) in [7, 11) is 0. The fourth-order valence-electron chi connectivity index (χ4n) is 4.56. The van der Waals surface area contributed by atoms with Crippen molar-refractivity contribution in [2.24, 2.45) is 0 Å². The van der Waals surface area contributed by atoms with Gasteiger partial charge in [-0.05, 0) is 80.4 Å². The van der Waals surface area contributed by atoms with E-state index >= 15 is 0 Å². The van der Waals surface area contributed by atoms with Crippen LogP contribution in [0, 0.1) is 0 Å². The van der Waals surface area contributed by atoms with E-state index in [1.807, 2.05) is 0 Å². The molecule has 0 spiro atoms. The molecule has 2 N–H and O–H groups in total. The standard InChI is InChI=1S/C31H28N4S3/c1-4-32-22-9-5-20(6-10-22)26-15-17-28(36-26)24-13-14-25(31-30(24)34-38-35-31)29-18-16-27(37-29)21-7-11-23(12-8-21)33-19(2)3/h5-19,32-33H,4H2,1-3H3. The first-order chi connectivity index (χ1) is 18.6. The zero-order valence-electron chi connectivity index (χ0n) is 21.5. The highest BCUT2D eigenvalue weighted by Crippen LogP contribution is 2.42. The number of hydrogen-bond acceptors (Lipinski definition) is 7. The van der Waals surface area contributed by atoms with Gasteiger partial charge >= 0.3 is 0 Å². The van der Waals surface area contributed by atoms with Gasteiger partial charge in [-0.3, -0.25) is 0 Å². The van der Waals surface area contributed by atoms with E-state index in [0.717, 1.165) is 40.1 Å². The topological polar surface area (TPSA) is 49.8 Å². The quantitative estimate of drug-likeness (QED) is 0.197. The van der Waals surface area contributed by atoms with E-state index in [0.29, 0.717) is 6.04 Å². The Balaban J connectivity index is 1.29. The highest BCUT2D eigenvalue weighted by Gasteiger charge is 2.16. The fraction of sp³-hybridized carbons (Fsp3) is 0.161. The van der Waals surface area contributed by atoms with Crippen LogP contribution in [-0.2, 0) is 0 Å². The Morgan fingerprint density at radius 3 is 1.55 bits per heavy atom. The average Bonchev–Trinajstić information content (AvgIpc) is 3.70. The van der Waals surface area contributed by atoms with Gasteiger partial charge in [0.2, 0.25) is 0 Å². The molecule has 0 amide bonds. The SMILES string of the molecule is CCNc1ccc(-c2ccc(-c3ccc(-c4ccc(-c5ccc(NC(C)C)cc5)s4)c4nsnc34)s2)cc1. The number of fused-ring (bicyclic) bond motifs is 1. The number of thiophene rings is 2. The minimum absolute atomic E-state index is 0.418. The molecular weight excluding hydrogens is 525 g/mol. The van der Waals surface area contributed by atoms with E-state index in [1.54, 1.807) is 22.7 Å². The third-order valence-corrected chi connectivity index (χ3v) is 9.20. The van der Waals surface area contributed by atoms with Gasteiger partial charge in [0.1, 0.15) is 11.0 Å². The van der Waals surface area contributed by atoms with E-state index < -0.39 is 0 Å². The summed E-state index contributed by atoms with van der Waals surface area (Å²) in [5.74, 6) is 0. The van der Waals surface area contributed by atoms with Crippen LogP contribution in [0.3, 0.4) is 0 Å². The Morgan fingerprint density at radius 2 is 1.08 bits per heavy atom. The van der Waals surface area contributed by atoms with E-state index in [2.05, 4.69) is 116 Å². The van der Waals surface area contributed by atoms with Crippen LogP contribution in [0.4, 0.5) is 11.4 Å². The molecular formula is C31H28N4S3. The first kappa shape index (κ1) is 24.8. The highest BCUT2D eigenvalue weighted by molar-refractivity contribution is 7.19. The fourth-order valence-corrected chi connectivity index (χ4v) is 7.21. The number of hydrogen-bond donors (Lipinski definition) is 2. The van der Waals surface area contributed by atoms with Crippen molar-refractivity contribution in [3.63, 3.8) is 0 Å². The van der Waals surface area contributed by atoms with Crippen molar-refractivity contribution in [3.05, 3.63) is 84.9 Å². The molecule has 7 heteroatoms. The van der Waals surface area contributed by atoms with Gasteiger partial charge in [-0.2, -0.15) is 8.75 Å². The summed E-state index contributed by atoms with van der Waals surface area (Å²) < 4.78 is 9.44. The summed E-state index contributed by atoms with van der Waals surface area (Å²) in [4.78, 5) is 4.92. The van der Waals surface area contributed by atoms with Gasteiger partial charge in [-0.1, -0.05) is 36.4 Å². The Hall–Kier alpha value is -3.52. The Morgan fingerprint density at radius 1 is 0.605 bits per heavy atom. The van der Waals surface area contributed by atoms with Crippen molar-refractivity contribution in [1.82, 2.24) is 8.75 Å². The second-order valence-corrected chi connectivity index (χ2v) is 12.1.